The quantitative estimate of drug-likeness (QED) is 0.762. The van der Waals surface area contributed by atoms with Crippen molar-refractivity contribution in [3.8, 4) is 5.75 Å². The lowest BCUT2D eigenvalue weighted by Crippen LogP contribution is -2.49. The molecule has 0 saturated carbocycles. The van der Waals surface area contributed by atoms with Crippen LogP contribution in [0, 0.1) is 0 Å². The van der Waals surface area contributed by atoms with Crippen LogP contribution in [0.25, 0.3) is 0 Å². The number of aromatic nitrogens is 1. The van der Waals surface area contributed by atoms with Crippen LogP contribution in [0.15, 0.2) is 42.6 Å². The predicted molar refractivity (Wildman–Crippen MR) is 111 cm³/mol. The first-order chi connectivity index (χ1) is 14.2. The Labute approximate surface area is 170 Å². The first-order valence-corrected chi connectivity index (χ1v) is 10.2. The molecule has 0 radical (unpaired) electrons. The molecule has 0 unspecified atom stereocenters. The third-order valence-corrected chi connectivity index (χ3v) is 5.38. The number of hydrogen-bond acceptors (Lipinski definition) is 5. The number of piperazine rings is 1. The molecule has 29 heavy (non-hydrogen) atoms. The molecule has 0 aliphatic carbocycles. The number of nitrogens with one attached hydrogen (secondary N) is 1. The Morgan fingerprint density at radius 1 is 1.10 bits per heavy atom. The fourth-order valence-electron chi connectivity index (χ4n) is 3.75. The highest BCUT2D eigenvalue weighted by Crippen LogP contribution is 2.26. The van der Waals surface area contributed by atoms with Crippen molar-refractivity contribution < 1.29 is 14.3 Å². The van der Waals surface area contributed by atoms with Crippen molar-refractivity contribution in [2.24, 2.45) is 0 Å². The molecule has 152 valence electrons. The predicted octanol–water partition coefficient (Wildman–Crippen LogP) is 2.47. The number of nitrogens with zero attached hydrogens (tertiary/aromatic N) is 3. The second-order valence-corrected chi connectivity index (χ2v) is 7.37. The van der Waals surface area contributed by atoms with Crippen LogP contribution in [-0.2, 0) is 16.0 Å². The third-order valence-electron chi connectivity index (χ3n) is 5.38. The molecule has 1 aromatic heterocycles. The first kappa shape index (κ1) is 19.2. The van der Waals surface area contributed by atoms with E-state index in [9.17, 15) is 9.59 Å². The van der Waals surface area contributed by atoms with Gasteiger partial charge >= 0.3 is 0 Å². The molecular weight excluding hydrogens is 368 g/mol. The Bertz CT molecular complexity index is 864. The van der Waals surface area contributed by atoms with Gasteiger partial charge < -0.3 is 19.9 Å². The lowest BCUT2D eigenvalue weighted by Gasteiger charge is -2.35. The van der Waals surface area contributed by atoms with Gasteiger partial charge in [0, 0.05) is 50.9 Å². The summed E-state index contributed by atoms with van der Waals surface area (Å²) in [6.07, 6.45) is 4.23. The zero-order chi connectivity index (χ0) is 20.1. The van der Waals surface area contributed by atoms with Crippen molar-refractivity contribution in [3.63, 3.8) is 0 Å². The number of amides is 2. The summed E-state index contributed by atoms with van der Waals surface area (Å²) in [4.78, 5) is 32.4. The van der Waals surface area contributed by atoms with Crippen LogP contribution in [0.1, 0.15) is 24.8 Å². The number of pyridine rings is 1. The fourth-order valence-corrected chi connectivity index (χ4v) is 3.75. The monoisotopic (exact) mass is 394 g/mol. The highest BCUT2D eigenvalue weighted by atomic mass is 16.5. The van der Waals surface area contributed by atoms with Gasteiger partial charge in [0.25, 0.3) is 0 Å². The van der Waals surface area contributed by atoms with Crippen molar-refractivity contribution in [3.05, 3.63) is 48.2 Å². The Hall–Kier alpha value is -3.09. The molecule has 1 aromatic carbocycles. The molecule has 7 heteroatoms. The van der Waals surface area contributed by atoms with E-state index in [0.717, 1.165) is 55.4 Å². The van der Waals surface area contributed by atoms with E-state index in [4.69, 9.17) is 4.74 Å². The molecule has 3 heterocycles. The van der Waals surface area contributed by atoms with Gasteiger partial charge in [-0.15, -0.1) is 0 Å². The van der Waals surface area contributed by atoms with Gasteiger partial charge in [-0.3, -0.25) is 9.59 Å². The Morgan fingerprint density at radius 3 is 2.76 bits per heavy atom. The number of anilines is 2. The normalized spacial score (nSPS) is 16.2. The van der Waals surface area contributed by atoms with Crippen LogP contribution in [0.4, 0.5) is 11.5 Å². The van der Waals surface area contributed by atoms with Gasteiger partial charge in [0.05, 0.1) is 6.61 Å². The van der Waals surface area contributed by atoms with Gasteiger partial charge in [0.1, 0.15) is 11.6 Å². The topological polar surface area (TPSA) is 74.8 Å². The van der Waals surface area contributed by atoms with Crippen molar-refractivity contribution >= 4 is 23.3 Å². The smallest absolute Gasteiger partial charge is 0.224 e. The van der Waals surface area contributed by atoms with Gasteiger partial charge in [-0.1, -0.05) is 6.07 Å². The summed E-state index contributed by atoms with van der Waals surface area (Å²) in [5.74, 6) is 2.00. The minimum atomic E-state index is 0.0607. The van der Waals surface area contributed by atoms with E-state index in [1.165, 1.54) is 0 Å². The number of rotatable bonds is 6. The van der Waals surface area contributed by atoms with Gasteiger partial charge in [-0.05, 0) is 48.7 Å². The number of ether oxygens (including phenoxy) is 1. The van der Waals surface area contributed by atoms with Crippen LogP contribution in [0.2, 0.25) is 0 Å². The third kappa shape index (κ3) is 4.85. The maximum absolute atomic E-state index is 12.5. The van der Waals surface area contributed by atoms with E-state index in [0.29, 0.717) is 25.9 Å². The van der Waals surface area contributed by atoms with E-state index in [2.05, 4.69) is 15.2 Å². The zero-order valence-electron chi connectivity index (χ0n) is 16.5. The number of hydrogen-bond donors (Lipinski definition) is 1. The van der Waals surface area contributed by atoms with Gasteiger partial charge in [0.2, 0.25) is 11.8 Å². The van der Waals surface area contributed by atoms with Crippen LogP contribution < -0.4 is 15.0 Å². The number of carbonyl (C=O) groups is 2. The molecule has 0 atom stereocenters. The maximum Gasteiger partial charge on any atom is 0.224 e. The Kier molecular flexibility index (Phi) is 5.93. The largest absolute Gasteiger partial charge is 0.494 e. The molecule has 2 amide bonds. The fraction of sp³-hybridized carbons (Fsp3) is 0.409. The zero-order valence-corrected chi connectivity index (χ0v) is 16.5. The van der Waals surface area contributed by atoms with Gasteiger partial charge in [-0.25, -0.2) is 4.98 Å². The number of carbonyl (C=O) groups excluding carboxylic acids is 2. The molecule has 4 rings (SSSR count). The van der Waals surface area contributed by atoms with Crippen LogP contribution in [0.5, 0.6) is 5.75 Å². The number of aryl methyl sites for hydroxylation is 1. The molecule has 0 spiro atoms. The number of fused-ring (bicyclic) bond motifs is 1. The average Bonchev–Trinajstić information content (AvgIpc) is 2.77. The second-order valence-electron chi connectivity index (χ2n) is 7.37. The van der Waals surface area contributed by atoms with Crippen LogP contribution >= 0.6 is 0 Å². The maximum atomic E-state index is 12.5. The summed E-state index contributed by atoms with van der Waals surface area (Å²) < 4.78 is 5.81. The Morgan fingerprint density at radius 2 is 1.97 bits per heavy atom. The molecule has 1 fully saturated rings. The van der Waals surface area contributed by atoms with E-state index < -0.39 is 0 Å². The molecule has 2 aliphatic heterocycles. The molecule has 1 saturated heterocycles. The summed E-state index contributed by atoms with van der Waals surface area (Å²) in [5.41, 5.74) is 1.97. The standard InChI is InChI=1S/C22H26N4O3/c27-21-9-6-17-16-18(7-8-19(17)24-21)29-15-3-5-22(28)26-13-11-25(12-14-26)20-4-1-2-10-23-20/h1-2,4,7-8,10,16H,3,5-6,9,11-15H2,(H,24,27). The highest BCUT2D eigenvalue weighted by molar-refractivity contribution is 5.94. The lowest BCUT2D eigenvalue weighted by atomic mass is 10.0. The van der Waals surface area contributed by atoms with E-state index in [1.54, 1.807) is 6.20 Å². The van der Waals surface area contributed by atoms with Crippen molar-refractivity contribution in [2.45, 2.75) is 25.7 Å². The second kappa shape index (κ2) is 8.94. The molecule has 2 aliphatic rings. The van der Waals surface area contributed by atoms with Gasteiger partial charge in [-0.2, -0.15) is 0 Å². The molecule has 0 bridgehead atoms. The molecule has 1 N–H and O–H groups in total. The highest BCUT2D eigenvalue weighted by Gasteiger charge is 2.21. The summed E-state index contributed by atoms with van der Waals surface area (Å²) in [5, 5.41) is 2.87. The van der Waals surface area contributed by atoms with Crippen molar-refractivity contribution in [1.82, 2.24) is 9.88 Å². The minimum Gasteiger partial charge on any atom is -0.494 e. The van der Waals surface area contributed by atoms with Crippen LogP contribution in [-0.4, -0.2) is 54.5 Å². The minimum absolute atomic E-state index is 0.0607. The summed E-state index contributed by atoms with van der Waals surface area (Å²) in [7, 11) is 0. The molecule has 2 aromatic rings. The number of benzene rings is 1. The van der Waals surface area contributed by atoms with Crippen LogP contribution in [0.3, 0.4) is 0 Å². The van der Waals surface area contributed by atoms with E-state index >= 15 is 0 Å². The molecule has 7 nitrogen and oxygen atoms in total. The van der Waals surface area contributed by atoms with Crippen molar-refractivity contribution in [2.75, 3.05) is 43.0 Å². The Balaban J connectivity index is 1.18. The van der Waals surface area contributed by atoms with E-state index in [-0.39, 0.29) is 11.8 Å². The molecular formula is C22H26N4O3. The average molecular weight is 394 g/mol. The SMILES string of the molecule is O=C1CCc2cc(OCCCC(=O)N3CCN(c4ccccn4)CC3)ccc2N1. The van der Waals surface area contributed by atoms with Gasteiger partial charge in [0.15, 0.2) is 0 Å². The van der Waals surface area contributed by atoms with Crippen molar-refractivity contribution in [1.29, 1.82) is 0 Å². The lowest BCUT2D eigenvalue weighted by molar-refractivity contribution is -0.131. The first-order valence-electron chi connectivity index (χ1n) is 10.2. The van der Waals surface area contributed by atoms with E-state index in [1.807, 2.05) is 41.3 Å². The summed E-state index contributed by atoms with van der Waals surface area (Å²) >= 11 is 0. The summed E-state index contributed by atoms with van der Waals surface area (Å²) in [6.45, 7) is 3.58. The summed E-state index contributed by atoms with van der Waals surface area (Å²) in [6, 6.07) is 11.6.